The van der Waals surface area contributed by atoms with Crippen LogP contribution in [0.3, 0.4) is 0 Å². The molecule has 3 aromatic rings. The van der Waals surface area contributed by atoms with E-state index in [0.717, 1.165) is 6.42 Å². The average Bonchev–Trinajstić information content (AvgIpc) is 2.71. The van der Waals surface area contributed by atoms with Gasteiger partial charge in [-0.2, -0.15) is 18.2 Å². The second-order valence-corrected chi connectivity index (χ2v) is 8.33. The van der Waals surface area contributed by atoms with Crippen molar-refractivity contribution in [3.63, 3.8) is 0 Å². The van der Waals surface area contributed by atoms with Gasteiger partial charge < -0.3 is 15.4 Å². The van der Waals surface area contributed by atoms with Crippen LogP contribution in [0.2, 0.25) is 0 Å². The van der Waals surface area contributed by atoms with E-state index in [2.05, 4.69) is 25.3 Å². The lowest BCUT2D eigenvalue weighted by Crippen LogP contribution is -2.17. The number of halogens is 6. The fourth-order valence-electron chi connectivity index (χ4n) is 2.82. The third kappa shape index (κ3) is 8.01. The van der Waals surface area contributed by atoms with Crippen LogP contribution in [-0.4, -0.2) is 27.9 Å². The van der Waals surface area contributed by atoms with Crippen molar-refractivity contribution in [2.45, 2.75) is 43.1 Å². The number of nitrogens with one attached hydrogen (secondary N) is 2. The van der Waals surface area contributed by atoms with Crippen LogP contribution in [0.25, 0.3) is 11.3 Å². The van der Waals surface area contributed by atoms with Gasteiger partial charge in [-0.05, 0) is 55.4 Å². The van der Waals surface area contributed by atoms with E-state index in [-0.39, 0.29) is 40.2 Å². The molecule has 3 rings (SSSR count). The molecule has 0 amide bonds. The van der Waals surface area contributed by atoms with Crippen LogP contribution in [0.5, 0.6) is 5.75 Å². The minimum Gasteiger partial charge on any atom is -0.406 e. The molecule has 0 unspecified atom stereocenters. The molecule has 0 saturated carbocycles. The van der Waals surface area contributed by atoms with Crippen LogP contribution in [0.4, 0.5) is 43.8 Å². The van der Waals surface area contributed by atoms with E-state index in [1.807, 2.05) is 13.8 Å². The maximum atomic E-state index is 12.7. The van der Waals surface area contributed by atoms with Gasteiger partial charge >= 0.3 is 11.9 Å². The van der Waals surface area contributed by atoms with E-state index in [4.69, 9.17) is 0 Å². The van der Waals surface area contributed by atoms with E-state index >= 15 is 0 Å². The standard InChI is InChI=1S/C22H20F6N4OS/c1-3-13(2)29-20-31-18(14-6-4-8-16(10-14)33-21(23,24)25)12-19(32-20)30-15-7-5-9-17(11-15)34-22(26,27)28/h4-13H,3H2,1-2H3,(H2,29,30,31,32)/t13-/m1/s1. The monoisotopic (exact) mass is 502 g/mol. The van der Waals surface area contributed by atoms with Gasteiger partial charge in [-0.3, -0.25) is 0 Å². The molecule has 1 atom stereocenters. The van der Waals surface area contributed by atoms with Crippen molar-refractivity contribution < 1.29 is 31.1 Å². The number of thioether (sulfide) groups is 1. The van der Waals surface area contributed by atoms with Gasteiger partial charge in [0.15, 0.2) is 0 Å². The molecule has 12 heteroatoms. The molecule has 2 N–H and O–H groups in total. The predicted molar refractivity (Wildman–Crippen MR) is 119 cm³/mol. The third-order valence-electron chi connectivity index (χ3n) is 4.42. The van der Waals surface area contributed by atoms with Crippen LogP contribution in [-0.2, 0) is 0 Å². The normalized spacial score (nSPS) is 12.8. The Labute approximate surface area is 196 Å². The molecular weight excluding hydrogens is 482 g/mol. The first-order chi connectivity index (χ1) is 15.9. The van der Waals surface area contributed by atoms with Crippen molar-refractivity contribution in [2.24, 2.45) is 0 Å². The number of aromatic nitrogens is 2. The highest BCUT2D eigenvalue weighted by Gasteiger charge is 2.31. The second kappa shape index (κ2) is 10.4. The summed E-state index contributed by atoms with van der Waals surface area (Å²) in [5.41, 5.74) is -3.46. The van der Waals surface area contributed by atoms with Gasteiger partial charge in [-0.15, -0.1) is 13.2 Å². The second-order valence-electron chi connectivity index (χ2n) is 7.19. The number of anilines is 3. The average molecular weight is 502 g/mol. The fourth-order valence-corrected chi connectivity index (χ4v) is 3.42. The number of hydrogen-bond donors (Lipinski definition) is 2. The highest BCUT2D eigenvalue weighted by atomic mass is 32.2. The molecule has 0 aliphatic heterocycles. The van der Waals surface area contributed by atoms with Gasteiger partial charge in [-0.25, -0.2) is 4.98 Å². The molecule has 0 aliphatic carbocycles. The summed E-state index contributed by atoms with van der Waals surface area (Å²) >= 11 is -0.245. The summed E-state index contributed by atoms with van der Waals surface area (Å²) in [5, 5.41) is 6.04. The van der Waals surface area contributed by atoms with E-state index in [1.165, 1.54) is 42.5 Å². The lowest BCUT2D eigenvalue weighted by atomic mass is 10.1. The van der Waals surface area contributed by atoms with Crippen LogP contribution in [0.15, 0.2) is 59.5 Å². The van der Waals surface area contributed by atoms with E-state index < -0.39 is 17.6 Å². The number of benzene rings is 2. The third-order valence-corrected chi connectivity index (χ3v) is 5.14. The van der Waals surface area contributed by atoms with Crippen molar-refractivity contribution >= 4 is 29.2 Å². The summed E-state index contributed by atoms with van der Waals surface area (Å²) in [5.74, 6) is 0.0378. The Morgan fingerprint density at radius 3 is 2.38 bits per heavy atom. The van der Waals surface area contributed by atoms with Gasteiger partial charge in [0.2, 0.25) is 5.95 Å². The number of rotatable bonds is 8. The molecular formula is C22H20F6N4OS. The van der Waals surface area contributed by atoms with Crippen molar-refractivity contribution in [1.29, 1.82) is 0 Å². The zero-order valence-corrected chi connectivity index (χ0v) is 18.8. The molecule has 0 spiro atoms. The van der Waals surface area contributed by atoms with Gasteiger partial charge in [0.05, 0.1) is 5.69 Å². The van der Waals surface area contributed by atoms with Crippen molar-refractivity contribution in [3.8, 4) is 17.0 Å². The highest BCUT2D eigenvalue weighted by Crippen LogP contribution is 2.38. The number of ether oxygens (including phenoxy) is 1. The summed E-state index contributed by atoms with van der Waals surface area (Å²) in [4.78, 5) is 8.73. The summed E-state index contributed by atoms with van der Waals surface area (Å²) in [6.45, 7) is 3.85. The minimum atomic E-state index is -4.85. The molecule has 5 nitrogen and oxygen atoms in total. The van der Waals surface area contributed by atoms with Crippen molar-refractivity contribution in [3.05, 3.63) is 54.6 Å². The van der Waals surface area contributed by atoms with Crippen molar-refractivity contribution in [2.75, 3.05) is 10.6 Å². The molecule has 1 heterocycles. The first-order valence-corrected chi connectivity index (χ1v) is 10.9. The molecule has 2 aromatic carbocycles. The zero-order chi connectivity index (χ0) is 24.9. The Bertz CT molecular complexity index is 1120. The number of alkyl halides is 6. The Kier molecular flexibility index (Phi) is 7.80. The van der Waals surface area contributed by atoms with Gasteiger partial charge in [-0.1, -0.05) is 25.1 Å². The van der Waals surface area contributed by atoms with Gasteiger partial charge in [0.25, 0.3) is 0 Å². The molecule has 34 heavy (non-hydrogen) atoms. The molecule has 0 bridgehead atoms. The lowest BCUT2D eigenvalue weighted by Gasteiger charge is -2.15. The SMILES string of the molecule is CC[C@@H](C)Nc1nc(Nc2cccc(SC(F)(F)F)c2)cc(-c2cccc(OC(F)(F)F)c2)n1. The Balaban J connectivity index is 1.96. The van der Waals surface area contributed by atoms with Crippen LogP contribution >= 0.6 is 11.8 Å². The van der Waals surface area contributed by atoms with E-state index in [0.29, 0.717) is 11.3 Å². The Hall–Kier alpha value is -3.15. The predicted octanol–water partition coefficient (Wildman–Crippen LogP) is 7.61. The van der Waals surface area contributed by atoms with Crippen LogP contribution < -0.4 is 15.4 Å². The lowest BCUT2D eigenvalue weighted by molar-refractivity contribution is -0.274. The molecule has 0 aliphatic rings. The smallest absolute Gasteiger partial charge is 0.406 e. The molecule has 1 aromatic heterocycles. The molecule has 0 fully saturated rings. The maximum Gasteiger partial charge on any atom is 0.573 e. The molecule has 182 valence electrons. The maximum absolute atomic E-state index is 12.7. The number of nitrogens with zero attached hydrogens (tertiary/aromatic N) is 2. The summed E-state index contributed by atoms with van der Waals surface area (Å²) < 4.78 is 80.0. The Morgan fingerprint density at radius 1 is 0.971 bits per heavy atom. The summed E-state index contributed by atoms with van der Waals surface area (Å²) in [6, 6.07) is 12.5. The zero-order valence-electron chi connectivity index (χ0n) is 18.0. The first-order valence-electron chi connectivity index (χ1n) is 10.0. The minimum absolute atomic E-state index is 0.00508. The molecule has 0 saturated heterocycles. The fraction of sp³-hybridized carbons (Fsp3) is 0.273. The topological polar surface area (TPSA) is 59.1 Å². The van der Waals surface area contributed by atoms with E-state index in [9.17, 15) is 26.3 Å². The van der Waals surface area contributed by atoms with Crippen molar-refractivity contribution in [1.82, 2.24) is 9.97 Å². The number of hydrogen-bond acceptors (Lipinski definition) is 6. The summed E-state index contributed by atoms with van der Waals surface area (Å²) in [6.07, 6.45) is -4.10. The Morgan fingerprint density at radius 2 is 1.71 bits per heavy atom. The van der Waals surface area contributed by atoms with Crippen LogP contribution in [0.1, 0.15) is 20.3 Å². The molecule has 0 radical (unpaired) electrons. The largest absolute Gasteiger partial charge is 0.573 e. The van der Waals surface area contributed by atoms with Gasteiger partial charge in [0, 0.05) is 28.3 Å². The van der Waals surface area contributed by atoms with E-state index in [1.54, 1.807) is 12.1 Å². The summed E-state index contributed by atoms with van der Waals surface area (Å²) in [7, 11) is 0. The van der Waals surface area contributed by atoms with Crippen LogP contribution in [0, 0.1) is 0 Å². The quantitative estimate of drug-likeness (QED) is 0.244. The first kappa shape index (κ1) is 25.5. The van der Waals surface area contributed by atoms with Gasteiger partial charge in [0.1, 0.15) is 11.6 Å². The highest BCUT2D eigenvalue weighted by molar-refractivity contribution is 8.00.